The number of thioether (sulfide) groups is 1. The number of carbonyl (C=O) groups is 1. The molecular formula is C18H22N4O3S2. The average Bonchev–Trinajstić information content (AvgIpc) is 3.50. The van der Waals surface area contributed by atoms with Crippen molar-refractivity contribution in [2.75, 3.05) is 38.2 Å². The molecule has 0 bridgehead atoms. The van der Waals surface area contributed by atoms with Crippen molar-refractivity contribution >= 4 is 38.6 Å². The van der Waals surface area contributed by atoms with E-state index in [2.05, 4.69) is 4.98 Å². The molecule has 0 atom stereocenters. The van der Waals surface area contributed by atoms with Gasteiger partial charge in [-0.3, -0.25) is 4.79 Å². The maximum absolute atomic E-state index is 12.6. The molecule has 2 fully saturated rings. The summed E-state index contributed by atoms with van der Waals surface area (Å²) >= 11 is 1.44. The predicted octanol–water partition coefficient (Wildman–Crippen LogP) is 1.70. The lowest BCUT2D eigenvalue weighted by atomic mass is 10.2. The van der Waals surface area contributed by atoms with Gasteiger partial charge in [-0.2, -0.15) is 4.31 Å². The number of amides is 1. The molecule has 1 saturated heterocycles. The molecule has 2 aromatic rings. The number of para-hydroxylation sites is 1. The Morgan fingerprint density at radius 1 is 1.15 bits per heavy atom. The van der Waals surface area contributed by atoms with Gasteiger partial charge in [-0.15, -0.1) is 0 Å². The lowest BCUT2D eigenvalue weighted by molar-refractivity contribution is -0.129. The van der Waals surface area contributed by atoms with Crippen molar-refractivity contribution < 1.29 is 13.2 Å². The summed E-state index contributed by atoms with van der Waals surface area (Å²) in [6.45, 7) is 1.59. The van der Waals surface area contributed by atoms with E-state index in [0.29, 0.717) is 37.8 Å². The molecule has 2 aliphatic rings. The van der Waals surface area contributed by atoms with Gasteiger partial charge in [-0.05, 0) is 18.9 Å². The second kappa shape index (κ2) is 7.37. The molecule has 1 aromatic heterocycles. The fraction of sp³-hybridized carbons (Fsp3) is 0.500. The third-order valence-electron chi connectivity index (χ3n) is 4.92. The van der Waals surface area contributed by atoms with E-state index in [1.54, 1.807) is 4.90 Å². The van der Waals surface area contributed by atoms with Gasteiger partial charge >= 0.3 is 0 Å². The van der Waals surface area contributed by atoms with Crippen molar-refractivity contribution in [1.29, 1.82) is 0 Å². The lowest BCUT2D eigenvalue weighted by Gasteiger charge is -2.33. The van der Waals surface area contributed by atoms with Crippen LogP contribution < -0.4 is 0 Å². The summed E-state index contributed by atoms with van der Waals surface area (Å²) in [5.74, 6) is 1.65. The second-order valence-corrected chi connectivity index (χ2v) is 9.96. The molecule has 4 rings (SSSR count). The maximum Gasteiger partial charge on any atom is 0.233 e. The van der Waals surface area contributed by atoms with Crippen LogP contribution >= 0.6 is 11.8 Å². The predicted molar refractivity (Wildman–Crippen MR) is 105 cm³/mol. The number of carbonyl (C=O) groups excluding carboxylic acids is 1. The fourth-order valence-electron chi connectivity index (χ4n) is 3.19. The second-order valence-electron chi connectivity index (χ2n) is 7.01. The summed E-state index contributed by atoms with van der Waals surface area (Å²) in [7, 11) is -3.19. The lowest BCUT2D eigenvalue weighted by Crippen LogP contribution is -2.50. The third-order valence-corrected chi connectivity index (χ3v) is 7.20. The highest BCUT2D eigenvalue weighted by molar-refractivity contribution is 8.00. The molecule has 0 unspecified atom stereocenters. The number of hydrogen-bond acceptors (Lipinski definition) is 6. The largest absolute Gasteiger partial charge is 0.339 e. The fourth-order valence-corrected chi connectivity index (χ4v) is 4.94. The van der Waals surface area contributed by atoms with Crippen LogP contribution in [0.5, 0.6) is 0 Å². The standard InChI is InChI=1S/C18H22N4O3S2/c1-27(24,25)22-10-8-21(9-11-22)16(23)12-26-18-14-4-2-3-5-15(14)19-17(20-18)13-6-7-13/h2-5,13H,6-12H2,1H3. The Morgan fingerprint density at radius 2 is 1.85 bits per heavy atom. The maximum atomic E-state index is 12.6. The molecule has 1 aliphatic carbocycles. The summed E-state index contributed by atoms with van der Waals surface area (Å²) in [6.07, 6.45) is 3.47. The molecule has 2 heterocycles. The zero-order valence-electron chi connectivity index (χ0n) is 15.2. The van der Waals surface area contributed by atoms with Crippen molar-refractivity contribution in [1.82, 2.24) is 19.2 Å². The van der Waals surface area contributed by atoms with E-state index in [1.165, 1.54) is 22.3 Å². The highest BCUT2D eigenvalue weighted by atomic mass is 32.2. The molecular weight excluding hydrogens is 384 g/mol. The Bertz CT molecular complexity index is 968. The molecule has 1 aromatic carbocycles. The van der Waals surface area contributed by atoms with Crippen LogP contribution in [0.4, 0.5) is 0 Å². The van der Waals surface area contributed by atoms with Gasteiger partial charge in [0.1, 0.15) is 10.9 Å². The third kappa shape index (κ3) is 4.25. The smallest absolute Gasteiger partial charge is 0.233 e. The van der Waals surface area contributed by atoms with Gasteiger partial charge in [0.15, 0.2) is 0 Å². The van der Waals surface area contributed by atoms with Gasteiger partial charge in [0.25, 0.3) is 0 Å². The first-order valence-corrected chi connectivity index (χ1v) is 11.9. The number of hydrogen-bond donors (Lipinski definition) is 0. The van der Waals surface area contributed by atoms with Gasteiger partial charge in [0.2, 0.25) is 15.9 Å². The van der Waals surface area contributed by atoms with Gasteiger partial charge in [-0.25, -0.2) is 18.4 Å². The van der Waals surface area contributed by atoms with Crippen LogP contribution in [0.25, 0.3) is 10.9 Å². The number of aromatic nitrogens is 2. The highest BCUT2D eigenvalue weighted by Gasteiger charge is 2.28. The Labute approximate surface area is 163 Å². The summed E-state index contributed by atoms with van der Waals surface area (Å²) in [5.41, 5.74) is 0.922. The number of sulfonamides is 1. The van der Waals surface area contributed by atoms with Crippen molar-refractivity contribution in [2.45, 2.75) is 23.8 Å². The molecule has 27 heavy (non-hydrogen) atoms. The molecule has 7 nitrogen and oxygen atoms in total. The molecule has 0 radical (unpaired) electrons. The first-order chi connectivity index (χ1) is 12.9. The molecule has 0 N–H and O–H groups in total. The minimum atomic E-state index is -3.19. The van der Waals surface area contributed by atoms with E-state index in [-0.39, 0.29) is 5.91 Å². The van der Waals surface area contributed by atoms with Crippen LogP contribution in [-0.4, -0.2) is 71.7 Å². The monoisotopic (exact) mass is 406 g/mol. The van der Waals surface area contributed by atoms with E-state index < -0.39 is 10.0 Å². The Hall–Kier alpha value is -1.71. The number of fused-ring (bicyclic) bond motifs is 1. The Balaban J connectivity index is 1.44. The molecule has 1 saturated carbocycles. The summed E-state index contributed by atoms with van der Waals surface area (Å²) in [6, 6.07) is 7.90. The summed E-state index contributed by atoms with van der Waals surface area (Å²) < 4.78 is 24.6. The Morgan fingerprint density at radius 3 is 2.52 bits per heavy atom. The van der Waals surface area contributed by atoms with Crippen molar-refractivity contribution in [3.05, 3.63) is 30.1 Å². The Kier molecular flexibility index (Phi) is 5.09. The molecule has 0 spiro atoms. The zero-order chi connectivity index (χ0) is 19.0. The van der Waals surface area contributed by atoms with Crippen molar-refractivity contribution in [3.63, 3.8) is 0 Å². The minimum Gasteiger partial charge on any atom is -0.339 e. The molecule has 144 valence electrons. The number of rotatable bonds is 5. The van der Waals surface area contributed by atoms with Crippen LogP contribution in [0.1, 0.15) is 24.6 Å². The van der Waals surface area contributed by atoms with E-state index in [1.807, 2.05) is 24.3 Å². The van der Waals surface area contributed by atoms with Crippen LogP contribution in [0.3, 0.4) is 0 Å². The van der Waals surface area contributed by atoms with Gasteiger partial charge in [0, 0.05) is 37.5 Å². The van der Waals surface area contributed by atoms with E-state index in [0.717, 1.165) is 34.6 Å². The zero-order valence-corrected chi connectivity index (χ0v) is 16.8. The average molecular weight is 407 g/mol. The first-order valence-electron chi connectivity index (χ1n) is 9.04. The minimum absolute atomic E-state index is 0.0174. The van der Waals surface area contributed by atoms with E-state index >= 15 is 0 Å². The normalized spacial score (nSPS) is 18.8. The molecule has 1 aliphatic heterocycles. The number of benzene rings is 1. The van der Waals surface area contributed by atoms with E-state index in [9.17, 15) is 13.2 Å². The number of piperazine rings is 1. The SMILES string of the molecule is CS(=O)(=O)N1CCN(C(=O)CSc2nc(C3CC3)nc3ccccc23)CC1. The van der Waals surface area contributed by atoms with Crippen molar-refractivity contribution in [2.24, 2.45) is 0 Å². The van der Waals surface area contributed by atoms with Gasteiger partial charge in [-0.1, -0.05) is 30.0 Å². The quantitative estimate of drug-likeness (QED) is 0.555. The first kappa shape index (κ1) is 18.6. The number of nitrogens with zero attached hydrogens (tertiary/aromatic N) is 4. The van der Waals surface area contributed by atoms with Crippen LogP contribution in [0.2, 0.25) is 0 Å². The van der Waals surface area contributed by atoms with Crippen molar-refractivity contribution in [3.8, 4) is 0 Å². The topological polar surface area (TPSA) is 83.5 Å². The van der Waals surface area contributed by atoms with Gasteiger partial charge in [0.05, 0.1) is 17.5 Å². The van der Waals surface area contributed by atoms with Crippen LogP contribution in [0.15, 0.2) is 29.3 Å². The highest BCUT2D eigenvalue weighted by Crippen LogP contribution is 2.39. The summed E-state index contributed by atoms with van der Waals surface area (Å²) in [4.78, 5) is 23.7. The van der Waals surface area contributed by atoms with Gasteiger partial charge < -0.3 is 4.90 Å². The summed E-state index contributed by atoms with van der Waals surface area (Å²) in [5, 5.41) is 1.83. The van der Waals surface area contributed by atoms with E-state index in [4.69, 9.17) is 4.98 Å². The van der Waals surface area contributed by atoms with Crippen LogP contribution in [-0.2, 0) is 14.8 Å². The molecule has 9 heteroatoms. The molecule has 1 amide bonds. The van der Waals surface area contributed by atoms with Crippen LogP contribution in [0, 0.1) is 0 Å².